The van der Waals surface area contributed by atoms with Crippen LogP contribution in [0.25, 0.3) is 0 Å². The van der Waals surface area contributed by atoms with E-state index in [9.17, 15) is 0 Å². The van der Waals surface area contributed by atoms with Gasteiger partial charge in [-0.15, -0.1) is 0 Å². The van der Waals surface area contributed by atoms with Gasteiger partial charge in [0.2, 0.25) is 0 Å². The summed E-state index contributed by atoms with van der Waals surface area (Å²) in [6, 6.07) is 3.11. The Kier molecular flexibility index (Phi) is 4.49. The first kappa shape index (κ1) is 13.5. The lowest BCUT2D eigenvalue weighted by Crippen LogP contribution is -2.32. The highest BCUT2D eigenvalue weighted by atomic mass is 32.2. The number of nitrogens with zero attached hydrogens (tertiary/aromatic N) is 2. The second-order valence-corrected chi connectivity index (χ2v) is 7.22. The zero-order valence-electron chi connectivity index (χ0n) is 11.6. The van der Waals surface area contributed by atoms with E-state index >= 15 is 0 Å². The fraction of sp³-hybridized carbons (Fsp3) is 0.800. The van der Waals surface area contributed by atoms with Crippen LogP contribution in [0.5, 0.6) is 0 Å². The third kappa shape index (κ3) is 3.34. The molecule has 2 heterocycles. The highest BCUT2D eigenvalue weighted by Gasteiger charge is 2.23. The number of rotatable bonds is 4. The SMILES string of the molecule is NC(Cc1ccn(C2CCCCC2)n1)C1CCSC1. The van der Waals surface area contributed by atoms with E-state index in [1.54, 1.807) is 0 Å². The normalized spacial score (nSPS) is 26.7. The van der Waals surface area contributed by atoms with Gasteiger partial charge in [0.15, 0.2) is 0 Å². The number of thioether (sulfide) groups is 1. The van der Waals surface area contributed by atoms with E-state index in [2.05, 4.69) is 16.9 Å². The van der Waals surface area contributed by atoms with Crippen molar-refractivity contribution in [2.45, 2.75) is 57.0 Å². The molecule has 1 saturated carbocycles. The first-order chi connectivity index (χ1) is 9.33. The number of aromatic nitrogens is 2. The average Bonchev–Trinajstić information content (AvgIpc) is 3.11. The van der Waals surface area contributed by atoms with E-state index < -0.39 is 0 Å². The Balaban J connectivity index is 1.57. The molecule has 3 nitrogen and oxygen atoms in total. The molecule has 19 heavy (non-hydrogen) atoms. The summed E-state index contributed by atoms with van der Waals surface area (Å²) in [6.07, 6.45) is 11.1. The molecule has 0 spiro atoms. The molecule has 2 aliphatic rings. The quantitative estimate of drug-likeness (QED) is 0.921. The highest BCUT2D eigenvalue weighted by molar-refractivity contribution is 7.99. The predicted octanol–water partition coefficient (Wildman–Crippen LogP) is 3.01. The molecule has 0 bridgehead atoms. The van der Waals surface area contributed by atoms with Gasteiger partial charge in [0, 0.05) is 18.7 Å². The molecule has 3 rings (SSSR count). The van der Waals surface area contributed by atoms with Crippen molar-refractivity contribution in [3.8, 4) is 0 Å². The monoisotopic (exact) mass is 279 g/mol. The van der Waals surface area contributed by atoms with Gasteiger partial charge in [-0.25, -0.2) is 0 Å². The van der Waals surface area contributed by atoms with E-state index in [4.69, 9.17) is 10.8 Å². The van der Waals surface area contributed by atoms with Crippen LogP contribution >= 0.6 is 11.8 Å². The summed E-state index contributed by atoms with van der Waals surface area (Å²) in [7, 11) is 0. The molecule has 1 aromatic rings. The summed E-state index contributed by atoms with van der Waals surface area (Å²) in [4.78, 5) is 0. The van der Waals surface area contributed by atoms with Crippen LogP contribution in [0.4, 0.5) is 0 Å². The van der Waals surface area contributed by atoms with Gasteiger partial charge in [-0.2, -0.15) is 16.9 Å². The Bertz CT molecular complexity index is 392. The summed E-state index contributed by atoms with van der Waals surface area (Å²) in [5, 5.41) is 4.78. The molecule has 2 N–H and O–H groups in total. The van der Waals surface area contributed by atoms with Crippen molar-refractivity contribution in [3.05, 3.63) is 18.0 Å². The van der Waals surface area contributed by atoms with Crippen LogP contribution in [0.2, 0.25) is 0 Å². The smallest absolute Gasteiger partial charge is 0.0640 e. The summed E-state index contributed by atoms with van der Waals surface area (Å²) in [6.45, 7) is 0. The zero-order valence-corrected chi connectivity index (χ0v) is 12.4. The van der Waals surface area contributed by atoms with Gasteiger partial charge in [-0.3, -0.25) is 4.68 Å². The molecular formula is C15H25N3S. The molecule has 1 aliphatic carbocycles. The first-order valence-corrected chi connectivity index (χ1v) is 8.86. The van der Waals surface area contributed by atoms with E-state index in [1.807, 2.05) is 11.8 Å². The van der Waals surface area contributed by atoms with Gasteiger partial charge < -0.3 is 5.73 Å². The van der Waals surface area contributed by atoms with Crippen molar-refractivity contribution in [1.29, 1.82) is 0 Å². The van der Waals surface area contributed by atoms with Crippen molar-refractivity contribution in [3.63, 3.8) is 0 Å². The predicted molar refractivity (Wildman–Crippen MR) is 81.5 cm³/mol. The van der Waals surface area contributed by atoms with Crippen LogP contribution in [-0.2, 0) is 6.42 Å². The molecule has 1 saturated heterocycles. The number of hydrogen-bond donors (Lipinski definition) is 1. The number of nitrogens with two attached hydrogens (primary N) is 1. The lowest BCUT2D eigenvalue weighted by atomic mass is 9.96. The van der Waals surface area contributed by atoms with Gasteiger partial charge in [0.25, 0.3) is 0 Å². The Labute approximate surface area is 120 Å². The largest absolute Gasteiger partial charge is 0.327 e. The summed E-state index contributed by atoms with van der Waals surface area (Å²) < 4.78 is 2.20. The van der Waals surface area contributed by atoms with Gasteiger partial charge in [-0.05, 0) is 42.8 Å². The highest BCUT2D eigenvalue weighted by Crippen LogP contribution is 2.29. The van der Waals surface area contributed by atoms with E-state index in [1.165, 1.54) is 55.7 Å². The van der Waals surface area contributed by atoms with Gasteiger partial charge in [-0.1, -0.05) is 19.3 Å². The van der Waals surface area contributed by atoms with Gasteiger partial charge >= 0.3 is 0 Å². The van der Waals surface area contributed by atoms with Crippen LogP contribution in [0.3, 0.4) is 0 Å². The van der Waals surface area contributed by atoms with Crippen LogP contribution in [0, 0.1) is 5.92 Å². The summed E-state index contributed by atoms with van der Waals surface area (Å²) >= 11 is 2.04. The molecule has 0 amide bonds. The Hall–Kier alpha value is -0.480. The summed E-state index contributed by atoms with van der Waals surface area (Å²) in [5.41, 5.74) is 7.53. The average molecular weight is 279 g/mol. The molecule has 2 atom stereocenters. The second-order valence-electron chi connectivity index (χ2n) is 6.07. The van der Waals surface area contributed by atoms with Crippen molar-refractivity contribution >= 4 is 11.8 Å². The molecular weight excluding hydrogens is 254 g/mol. The molecule has 1 aliphatic heterocycles. The maximum absolute atomic E-state index is 6.34. The second kappa shape index (κ2) is 6.31. The maximum atomic E-state index is 6.34. The van der Waals surface area contributed by atoms with Crippen molar-refractivity contribution in [1.82, 2.24) is 9.78 Å². The van der Waals surface area contributed by atoms with Crippen LogP contribution < -0.4 is 5.73 Å². The lowest BCUT2D eigenvalue weighted by molar-refractivity contribution is 0.327. The Morgan fingerprint density at radius 2 is 2.16 bits per heavy atom. The first-order valence-electron chi connectivity index (χ1n) is 7.70. The molecule has 0 radical (unpaired) electrons. The molecule has 2 fully saturated rings. The molecule has 1 aromatic heterocycles. The standard InChI is InChI=1S/C15H25N3S/c16-15(12-7-9-19-11-12)10-13-6-8-18(17-13)14-4-2-1-3-5-14/h6,8,12,14-15H,1-5,7,9-11,16H2. The van der Waals surface area contributed by atoms with Crippen molar-refractivity contribution in [2.75, 3.05) is 11.5 Å². The van der Waals surface area contributed by atoms with Crippen molar-refractivity contribution in [2.24, 2.45) is 11.7 Å². The van der Waals surface area contributed by atoms with Crippen LogP contribution in [0.15, 0.2) is 12.3 Å². The molecule has 2 unspecified atom stereocenters. The topological polar surface area (TPSA) is 43.8 Å². The molecule has 4 heteroatoms. The Morgan fingerprint density at radius 3 is 2.89 bits per heavy atom. The van der Waals surface area contributed by atoms with Crippen molar-refractivity contribution < 1.29 is 0 Å². The number of hydrogen-bond acceptors (Lipinski definition) is 3. The molecule has 106 valence electrons. The Morgan fingerprint density at radius 1 is 1.32 bits per heavy atom. The fourth-order valence-electron chi connectivity index (χ4n) is 3.33. The van der Waals surface area contributed by atoms with Crippen LogP contribution in [-0.4, -0.2) is 27.3 Å². The zero-order chi connectivity index (χ0) is 13.1. The van der Waals surface area contributed by atoms with E-state index in [0.29, 0.717) is 18.0 Å². The minimum Gasteiger partial charge on any atom is -0.327 e. The van der Waals surface area contributed by atoms with Gasteiger partial charge in [0.05, 0.1) is 11.7 Å². The lowest BCUT2D eigenvalue weighted by Gasteiger charge is -2.22. The summed E-state index contributed by atoms with van der Waals surface area (Å²) in [5.74, 6) is 3.23. The third-order valence-corrected chi connectivity index (χ3v) is 5.82. The third-order valence-electron chi connectivity index (χ3n) is 4.63. The molecule has 0 aromatic carbocycles. The minimum absolute atomic E-state index is 0.296. The van der Waals surface area contributed by atoms with Crippen LogP contribution in [0.1, 0.15) is 50.3 Å². The van der Waals surface area contributed by atoms with Gasteiger partial charge in [0.1, 0.15) is 0 Å². The minimum atomic E-state index is 0.296. The van der Waals surface area contributed by atoms with E-state index in [-0.39, 0.29) is 0 Å². The van der Waals surface area contributed by atoms with E-state index in [0.717, 1.165) is 6.42 Å². The fourth-order valence-corrected chi connectivity index (χ4v) is 4.69. The maximum Gasteiger partial charge on any atom is 0.0640 e.